The summed E-state index contributed by atoms with van der Waals surface area (Å²) in [4.78, 5) is 19.0. The van der Waals surface area contributed by atoms with Gasteiger partial charge in [-0.15, -0.1) is 0 Å². The van der Waals surface area contributed by atoms with Crippen molar-refractivity contribution < 1.29 is 13.2 Å². The van der Waals surface area contributed by atoms with Gasteiger partial charge in [-0.2, -0.15) is 0 Å². The summed E-state index contributed by atoms with van der Waals surface area (Å²) < 4.78 is 25.1. The van der Waals surface area contributed by atoms with Gasteiger partial charge < -0.3 is 9.47 Å². The van der Waals surface area contributed by atoms with Gasteiger partial charge in [-0.1, -0.05) is 18.2 Å². The number of benzene rings is 2. The van der Waals surface area contributed by atoms with Gasteiger partial charge in [-0.25, -0.2) is 13.4 Å². The average Bonchev–Trinajstić information content (AvgIpc) is 3.31. The van der Waals surface area contributed by atoms with E-state index >= 15 is 0 Å². The number of aromatic nitrogens is 2. The zero-order chi connectivity index (χ0) is 19.0. The number of rotatable bonds is 4. The van der Waals surface area contributed by atoms with E-state index in [1.165, 1.54) is 6.26 Å². The summed E-state index contributed by atoms with van der Waals surface area (Å²) in [6.45, 7) is 2.00. The molecule has 3 aromatic rings. The van der Waals surface area contributed by atoms with Crippen LogP contribution in [-0.4, -0.2) is 48.1 Å². The Morgan fingerprint density at radius 1 is 1.04 bits per heavy atom. The highest BCUT2D eigenvalue weighted by Crippen LogP contribution is 2.25. The summed E-state index contributed by atoms with van der Waals surface area (Å²) in [5.74, 6) is 0.132. The lowest BCUT2D eigenvalue weighted by molar-refractivity contribution is -0.130. The highest BCUT2D eigenvalue weighted by Gasteiger charge is 2.18. The maximum absolute atomic E-state index is 12.4. The molecule has 7 heteroatoms. The summed E-state index contributed by atoms with van der Waals surface area (Å²) in [6.07, 6.45) is 5.06. The minimum Gasteiger partial charge on any atom is -0.341 e. The van der Waals surface area contributed by atoms with E-state index in [4.69, 9.17) is 0 Å². The average molecular weight is 383 g/mol. The third kappa shape index (κ3) is 3.60. The molecule has 1 aromatic heterocycles. The van der Waals surface area contributed by atoms with Crippen LogP contribution in [0.5, 0.6) is 0 Å². The Hall–Kier alpha value is -2.67. The van der Waals surface area contributed by atoms with E-state index in [0.29, 0.717) is 11.4 Å². The molecular weight excluding hydrogens is 362 g/mol. The van der Waals surface area contributed by atoms with Crippen LogP contribution in [0.15, 0.2) is 53.7 Å². The number of sulfone groups is 1. The molecule has 0 bridgehead atoms. The topological polar surface area (TPSA) is 72.3 Å². The van der Waals surface area contributed by atoms with Crippen molar-refractivity contribution in [3.05, 3.63) is 48.8 Å². The minimum atomic E-state index is -3.20. The van der Waals surface area contributed by atoms with Gasteiger partial charge in [0.1, 0.15) is 6.54 Å². The van der Waals surface area contributed by atoms with Gasteiger partial charge in [0.2, 0.25) is 5.91 Å². The fourth-order valence-corrected chi connectivity index (χ4v) is 4.11. The third-order valence-electron chi connectivity index (χ3n) is 5.00. The fraction of sp³-hybridized carbons (Fsp3) is 0.300. The fourth-order valence-electron chi connectivity index (χ4n) is 3.48. The highest BCUT2D eigenvalue weighted by atomic mass is 32.2. The molecule has 1 amide bonds. The first-order chi connectivity index (χ1) is 12.9. The van der Waals surface area contributed by atoms with Crippen LogP contribution in [0.4, 0.5) is 0 Å². The first kappa shape index (κ1) is 17.7. The van der Waals surface area contributed by atoms with Gasteiger partial charge in [0, 0.05) is 19.3 Å². The first-order valence-corrected chi connectivity index (χ1v) is 10.8. The largest absolute Gasteiger partial charge is 0.341 e. The third-order valence-corrected chi connectivity index (χ3v) is 6.13. The Kier molecular flexibility index (Phi) is 4.47. The van der Waals surface area contributed by atoms with Crippen molar-refractivity contribution in [2.45, 2.75) is 24.3 Å². The van der Waals surface area contributed by atoms with Crippen LogP contribution in [0.3, 0.4) is 0 Å². The normalized spacial score (nSPS) is 14.8. The Labute approximate surface area is 158 Å². The van der Waals surface area contributed by atoms with Crippen LogP contribution >= 0.6 is 0 Å². The number of carbonyl (C=O) groups excluding carboxylic acids is 1. The van der Waals surface area contributed by atoms with E-state index in [1.807, 2.05) is 27.7 Å². The lowest BCUT2D eigenvalue weighted by Gasteiger charge is -2.15. The van der Waals surface area contributed by atoms with E-state index in [0.717, 1.165) is 48.1 Å². The molecule has 27 heavy (non-hydrogen) atoms. The zero-order valence-electron chi connectivity index (χ0n) is 15.1. The number of likely N-dealkylation sites (tertiary alicyclic amines) is 1. The number of carbonyl (C=O) groups is 1. The van der Waals surface area contributed by atoms with Crippen LogP contribution < -0.4 is 0 Å². The van der Waals surface area contributed by atoms with Crippen molar-refractivity contribution in [1.82, 2.24) is 14.5 Å². The molecule has 4 rings (SSSR count). The molecule has 2 heterocycles. The standard InChI is InChI=1S/C20H21N3O3S/c1-27(25,26)17-7-4-15(5-8-17)16-6-9-19-18(12-16)21-14-23(19)13-20(24)22-10-2-3-11-22/h4-9,12,14H,2-3,10-11,13H2,1H3. The highest BCUT2D eigenvalue weighted by molar-refractivity contribution is 7.90. The molecule has 1 aliphatic heterocycles. The SMILES string of the molecule is CS(=O)(=O)c1ccc(-c2ccc3c(c2)ncn3CC(=O)N2CCCC2)cc1. The second kappa shape index (κ2) is 6.81. The predicted molar refractivity (Wildman–Crippen MR) is 104 cm³/mol. The molecule has 0 unspecified atom stereocenters. The minimum absolute atomic E-state index is 0.132. The van der Waals surface area contributed by atoms with Crippen LogP contribution in [0.2, 0.25) is 0 Å². The summed E-state index contributed by atoms with van der Waals surface area (Å²) in [6, 6.07) is 12.7. The number of imidazole rings is 1. The summed E-state index contributed by atoms with van der Waals surface area (Å²) >= 11 is 0. The molecule has 2 aromatic carbocycles. The van der Waals surface area contributed by atoms with Gasteiger partial charge >= 0.3 is 0 Å². The number of hydrogen-bond donors (Lipinski definition) is 0. The van der Waals surface area contributed by atoms with Crippen LogP contribution in [0.1, 0.15) is 12.8 Å². The molecule has 0 saturated carbocycles. The molecule has 1 aliphatic rings. The zero-order valence-corrected chi connectivity index (χ0v) is 15.9. The van der Waals surface area contributed by atoms with E-state index in [1.54, 1.807) is 30.6 Å². The summed E-state index contributed by atoms with van der Waals surface area (Å²) in [7, 11) is -3.20. The quantitative estimate of drug-likeness (QED) is 0.694. The predicted octanol–water partition coefficient (Wildman–Crippen LogP) is 2.73. The van der Waals surface area contributed by atoms with E-state index in [2.05, 4.69) is 4.98 Å². The van der Waals surface area contributed by atoms with Crippen molar-refractivity contribution in [2.24, 2.45) is 0 Å². The maximum atomic E-state index is 12.4. The second-order valence-electron chi connectivity index (χ2n) is 6.96. The van der Waals surface area contributed by atoms with Gasteiger partial charge in [-0.05, 0) is 48.2 Å². The molecule has 6 nitrogen and oxygen atoms in total. The monoisotopic (exact) mass is 383 g/mol. The molecule has 0 aliphatic carbocycles. The maximum Gasteiger partial charge on any atom is 0.242 e. The van der Waals surface area contributed by atoms with Gasteiger partial charge in [-0.3, -0.25) is 4.79 Å². The number of amides is 1. The molecule has 0 spiro atoms. The Morgan fingerprint density at radius 3 is 2.37 bits per heavy atom. The molecule has 140 valence electrons. The molecule has 0 atom stereocenters. The van der Waals surface area contributed by atoms with Gasteiger partial charge in [0.15, 0.2) is 9.84 Å². The van der Waals surface area contributed by atoms with Crippen molar-refractivity contribution in [3.63, 3.8) is 0 Å². The van der Waals surface area contributed by atoms with Crippen LogP contribution in [0, 0.1) is 0 Å². The molecule has 0 radical (unpaired) electrons. The lowest BCUT2D eigenvalue weighted by Crippen LogP contribution is -2.30. The van der Waals surface area contributed by atoms with Crippen molar-refractivity contribution >= 4 is 26.8 Å². The number of fused-ring (bicyclic) bond motifs is 1. The lowest BCUT2D eigenvalue weighted by atomic mass is 10.1. The van der Waals surface area contributed by atoms with Gasteiger partial charge in [0.25, 0.3) is 0 Å². The van der Waals surface area contributed by atoms with E-state index in [-0.39, 0.29) is 5.91 Å². The van der Waals surface area contributed by atoms with Crippen LogP contribution in [0.25, 0.3) is 22.2 Å². The molecule has 0 N–H and O–H groups in total. The van der Waals surface area contributed by atoms with Crippen molar-refractivity contribution in [1.29, 1.82) is 0 Å². The van der Waals surface area contributed by atoms with Crippen molar-refractivity contribution in [3.8, 4) is 11.1 Å². The first-order valence-electron chi connectivity index (χ1n) is 8.95. The molecular formula is C20H21N3O3S. The Morgan fingerprint density at radius 2 is 1.70 bits per heavy atom. The summed E-state index contributed by atoms with van der Waals surface area (Å²) in [5, 5.41) is 0. The number of nitrogens with zero attached hydrogens (tertiary/aromatic N) is 3. The van der Waals surface area contributed by atoms with E-state index < -0.39 is 9.84 Å². The molecule has 1 saturated heterocycles. The number of hydrogen-bond acceptors (Lipinski definition) is 4. The van der Waals surface area contributed by atoms with E-state index in [9.17, 15) is 13.2 Å². The van der Waals surface area contributed by atoms with Gasteiger partial charge in [0.05, 0.1) is 22.3 Å². The van der Waals surface area contributed by atoms with Crippen LogP contribution in [-0.2, 0) is 21.2 Å². The smallest absolute Gasteiger partial charge is 0.242 e. The summed E-state index contributed by atoms with van der Waals surface area (Å²) in [5.41, 5.74) is 3.61. The van der Waals surface area contributed by atoms with Crippen molar-refractivity contribution in [2.75, 3.05) is 19.3 Å². The Balaban J connectivity index is 1.59. The molecule has 1 fully saturated rings. The second-order valence-corrected chi connectivity index (χ2v) is 8.98. The Bertz CT molecular complexity index is 1100.